The molecule has 4 aliphatic rings. The SMILES string of the molecule is O=C(COc1cc(Cl)cc(Cl)c1)NC12CC3CC(CC(C3)C1)C2. The summed E-state index contributed by atoms with van der Waals surface area (Å²) in [6.45, 7) is 0.0123. The van der Waals surface area contributed by atoms with Crippen molar-refractivity contribution in [3.63, 3.8) is 0 Å². The van der Waals surface area contributed by atoms with E-state index in [1.54, 1.807) is 18.2 Å². The maximum absolute atomic E-state index is 12.4. The summed E-state index contributed by atoms with van der Waals surface area (Å²) in [5.74, 6) is 2.93. The lowest BCUT2D eigenvalue weighted by Gasteiger charge is -2.56. The summed E-state index contributed by atoms with van der Waals surface area (Å²) >= 11 is 11.9. The van der Waals surface area contributed by atoms with Crippen LogP contribution in [0.4, 0.5) is 0 Å². The Morgan fingerprint density at radius 1 is 1.04 bits per heavy atom. The van der Waals surface area contributed by atoms with Gasteiger partial charge in [-0.25, -0.2) is 0 Å². The molecule has 0 radical (unpaired) electrons. The Balaban J connectivity index is 1.37. The van der Waals surface area contributed by atoms with Crippen molar-refractivity contribution in [1.29, 1.82) is 0 Å². The lowest BCUT2D eigenvalue weighted by Crippen LogP contribution is -2.60. The van der Waals surface area contributed by atoms with Gasteiger partial charge in [0.25, 0.3) is 5.91 Å². The zero-order chi connectivity index (χ0) is 16.0. The summed E-state index contributed by atoms with van der Waals surface area (Å²) < 4.78 is 5.56. The van der Waals surface area contributed by atoms with Gasteiger partial charge in [-0.15, -0.1) is 0 Å². The van der Waals surface area contributed by atoms with Crippen LogP contribution >= 0.6 is 23.2 Å². The van der Waals surface area contributed by atoms with E-state index in [9.17, 15) is 4.79 Å². The molecule has 23 heavy (non-hydrogen) atoms. The summed E-state index contributed by atoms with van der Waals surface area (Å²) in [7, 11) is 0. The lowest BCUT2D eigenvalue weighted by molar-refractivity contribution is -0.128. The van der Waals surface area contributed by atoms with E-state index in [1.165, 1.54) is 19.3 Å². The number of benzene rings is 1. The van der Waals surface area contributed by atoms with Crippen molar-refractivity contribution in [3.05, 3.63) is 28.2 Å². The molecule has 0 saturated heterocycles. The Hall–Kier alpha value is -0.930. The zero-order valence-electron chi connectivity index (χ0n) is 13.0. The molecule has 4 bridgehead atoms. The van der Waals surface area contributed by atoms with E-state index in [-0.39, 0.29) is 18.1 Å². The highest BCUT2D eigenvalue weighted by Gasteiger charge is 2.51. The van der Waals surface area contributed by atoms with E-state index in [0.29, 0.717) is 15.8 Å². The minimum absolute atomic E-state index is 0.0123. The van der Waals surface area contributed by atoms with Crippen molar-refractivity contribution in [1.82, 2.24) is 5.32 Å². The fourth-order valence-electron chi connectivity index (χ4n) is 5.36. The molecular weight excluding hydrogens is 333 g/mol. The highest BCUT2D eigenvalue weighted by molar-refractivity contribution is 6.34. The van der Waals surface area contributed by atoms with E-state index in [0.717, 1.165) is 37.0 Å². The molecule has 0 atom stereocenters. The van der Waals surface area contributed by atoms with Gasteiger partial charge < -0.3 is 10.1 Å². The molecule has 5 heteroatoms. The molecule has 5 rings (SSSR count). The normalized spacial score (nSPS) is 34.4. The first kappa shape index (κ1) is 15.6. The van der Waals surface area contributed by atoms with Crippen molar-refractivity contribution in [2.45, 2.75) is 44.1 Å². The van der Waals surface area contributed by atoms with Crippen LogP contribution in [0.25, 0.3) is 0 Å². The Labute approximate surface area is 146 Å². The summed E-state index contributed by atoms with van der Waals surface area (Å²) in [5.41, 5.74) is 0.0289. The van der Waals surface area contributed by atoms with Crippen LogP contribution in [-0.2, 0) is 4.79 Å². The zero-order valence-corrected chi connectivity index (χ0v) is 14.5. The van der Waals surface area contributed by atoms with Gasteiger partial charge in [0.1, 0.15) is 5.75 Å². The van der Waals surface area contributed by atoms with Crippen molar-refractivity contribution >= 4 is 29.1 Å². The smallest absolute Gasteiger partial charge is 0.258 e. The highest BCUT2D eigenvalue weighted by atomic mass is 35.5. The standard InChI is InChI=1S/C18H21Cl2NO2/c19-14-4-15(20)6-16(5-14)23-10-17(22)21-18-7-11-1-12(8-18)3-13(2-11)9-18/h4-6,11-13H,1-3,7-10H2,(H,21,22). The van der Waals surface area contributed by atoms with Gasteiger partial charge >= 0.3 is 0 Å². The third-order valence-electron chi connectivity index (χ3n) is 5.65. The summed E-state index contributed by atoms with van der Waals surface area (Å²) in [5, 5.41) is 4.31. The number of hydrogen-bond donors (Lipinski definition) is 1. The molecule has 3 nitrogen and oxygen atoms in total. The van der Waals surface area contributed by atoms with E-state index >= 15 is 0 Å². The van der Waals surface area contributed by atoms with Crippen LogP contribution in [0.2, 0.25) is 10.0 Å². The van der Waals surface area contributed by atoms with E-state index in [1.807, 2.05) is 0 Å². The third kappa shape index (κ3) is 3.32. The Kier molecular flexibility index (Phi) is 3.97. The molecule has 1 amide bonds. The van der Waals surface area contributed by atoms with Crippen LogP contribution in [0.5, 0.6) is 5.75 Å². The number of carbonyl (C=O) groups excluding carboxylic acids is 1. The molecule has 4 fully saturated rings. The van der Waals surface area contributed by atoms with Gasteiger partial charge in [-0.3, -0.25) is 4.79 Å². The maximum Gasteiger partial charge on any atom is 0.258 e. The van der Waals surface area contributed by atoms with Crippen LogP contribution in [0.15, 0.2) is 18.2 Å². The van der Waals surface area contributed by atoms with Crippen LogP contribution in [0.3, 0.4) is 0 Å². The van der Waals surface area contributed by atoms with Gasteiger partial charge in [0.2, 0.25) is 0 Å². The number of ether oxygens (including phenoxy) is 1. The summed E-state index contributed by atoms with van der Waals surface area (Å²) in [6, 6.07) is 4.99. The number of hydrogen-bond acceptors (Lipinski definition) is 2. The average molecular weight is 354 g/mol. The topological polar surface area (TPSA) is 38.3 Å². The quantitative estimate of drug-likeness (QED) is 0.867. The van der Waals surface area contributed by atoms with Crippen molar-refractivity contribution in [3.8, 4) is 5.75 Å². The molecule has 0 spiro atoms. The first-order valence-corrected chi connectivity index (χ1v) is 9.15. The Bertz CT molecular complexity index is 576. The summed E-state index contributed by atoms with van der Waals surface area (Å²) in [4.78, 5) is 12.4. The molecule has 1 aromatic rings. The number of nitrogens with one attached hydrogen (secondary N) is 1. The summed E-state index contributed by atoms with van der Waals surface area (Å²) in [6.07, 6.45) is 7.54. The fourth-order valence-corrected chi connectivity index (χ4v) is 5.86. The van der Waals surface area contributed by atoms with E-state index in [2.05, 4.69) is 5.32 Å². The number of amides is 1. The van der Waals surface area contributed by atoms with Gasteiger partial charge in [-0.1, -0.05) is 23.2 Å². The van der Waals surface area contributed by atoms with Gasteiger partial charge in [0.15, 0.2) is 6.61 Å². The minimum atomic E-state index is -0.0388. The van der Waals surface area contributed by atoms with Gasteiger partial charge in [0, 0.05) is 15.6 Å². The third-order valence-corrected chi connectivity index (χ3v) is 6.09. The number of halogens is 2. The van der Waals surface area contributed by atoms with Crippen molar-refractivity contribution < 1.29 is 9.53 Å². The molecule has 0 aromatic heterocycles. The predicted octanol–water partition coefficient (Wildman–Crippen LogP) is 4.46. The largest absolute Gasteiger partial charge is 0.484 e. The number of carbonyl (C=O) groups is 1. The molecule has 0 heterocycles. The second-order valence-corrected chi connectivity index (χ2v) is 8.51. The highest BCUT2D eigenvalue weighted by Crippen LogP contribution is 2.55. The predicted molar refractivity (Wildman–Crippen MR) is 91.0 cm³/mol. The molecule has 1 N–H and O–H groups in total. The molecule has 4 saturated carbocycles. The van der Waals surface area contributed by atoms with Crippen molar-refractivity contribution in [2.24, 2.45) is 17.8 Å². The first-order valence-electron chi connectivity index (χ1n) is 8.40. The van der Waals surface area contributed by atoms with Crippen molar-refractivity contribution in [2.75, 3.05) is 6.61 Å². The molecule has 124 valence electrons. The number of rotatable bonds is 4. The molecule has 0 unspecified atom stereocenters. The Morgan fingerprint density at radius 2 is 1.57 bits per heavy atom. The van der Waals surface area contributed by atoms with E-state index < -0.39 is 0 Å². The van der Waals surface area contributed by atoms with E-state index in [4.69, 9.17) is 27.9 Å². The molecule has 0 aliphatic heterocycles. The molecule has 4 aliphatic carbocycles. The molecular formula is C18H21Cl2NO2. The minimum Gasteiger partial charge on any atom is -0.484 e. The van der Waals surface area contributed by atoms with Gasteiger partial charge in [-0.05, 0) is 74.5 Å². The van der Waals surface area contributed by atoms with Crippen LogP contribution in [0, 0.1) is 17.8 Å². The lowest BCUT2D eigenvalue weighted by atomic mass is 9.53. The average Bonchev–Trinajstić information content (AvgIpc) is 2.42. The maximum atomic E-state index is 12.4. The Morgan fingerprint density at radius 3 is 2.09 bits per heavy atom. The second-order valence-electron chi connectivity index (χ2n) is 7.64. The van der Waals surface area contributed by atoms with Crippen LogP contribution in [-0.4, -0.2) is 18.1 Å². The monoisotopic (exact) mass is 353 g/mol. The second kappa shape index (κ2) is 5.86. The van der Waals surface area contributed by atoms with Gasteiger partial charge in [0.05, 0.1) is 0 Å². The fraction of sp³-hybridized carbons (Fsp3) is 0.611. The molecule has 1 aromatic carbocycles. The van der Waals surface area contributed by atoms with Crippen LogP contribution < -0.4 is 10.1 Å². The van der Waals surface area contributed by atoms with Gasteiger partial charge in [-0.2, -0.15) is 0 Å². The van der Waals surface area contributed by atoms with Crippen LogP contribution in [0.1, 0.15) is 38.5 Å². The first-order chi connectivity index (χ1) is 11.0.